The molecule has 2 aromatic rings. The lowest BCUT2D eigenvalue weighted by Crippen LogP contribution is -3.28. The molecule has 1 aliphatic heterocycles. The van der Waals surface area contributed by atoms with E-state index in [1.807, 2.05) is 30.3 Å². The Morgan fingerprint density at radius 1 is 0.931 bits per heavy atom. The van der Waals surface area contributed by atoms with Crippen LogP contribution in [0.2, 0.25) is 5.02 Å². The normalized spacial score (nSPS) is 18.7. The molecule has 0 aromatic heterocycles. The molecule has 0 saturated carbocycles. The van der Waals surface area contributed by atoms with E-state index in [9.17, 15) is 9.59 Å². The molecule has 2 aromatic carbocycles. The highest BCUT2D eigenvalue weighted by molar-refractivity contribution is 6.33. The summed E-state index contributed by atoms with van der Waals surface area (Å²) in [5, 5.41) is 6.32. The van der Waals surface area contributed by atoms with Crippen molar-refractivity contribution < 1.29 is 24.1 Å². The zero-order valence-corrected chi connectivity index (χ0v) is 17.2. The largest absolute Gasteiger partial charge is 0.497 e. The lowest BCUT2D eigenvalue weighted by Gasteiger charge is -2.29. The Morgan fingerprint density at radius 3 is 2.17 bits per heavy atom. The molecule has 0 unspecified atom stereocenters. The second-order valence-electron chi connectivity index (χ2n) is 7.16. The van der Waals surface area contributed by atoms with Gasteiger partial charge in [0.2, 0.25) is 0 Å². The number of para-hydroxylation sites is 1. The SMILES string of the molecule is COc1cccc(NC(=O)C[NH+]2CC[NH+](CC(=O)Nc3ccccc3Cl)CC2)c1. The molecule has 1 saturated heterocycles. The first-order valence-electron chi connectivity index (χ1n) is 9.69. The molecule has 1 aliphatic rings. The number of ether oxygens (including phenoxy) is 1. The van der Waals surface area contributed by atoms with Gasteiger partial charge in [0.15, 0.2) is 13.1 Å². The Balaban J connectivity index is 1.40. The van der Waals surface area contributed by atoms with Gasteiger partial charge in [-0.3, -0.25) is 9.59 Å². The van der Waals surface area contributed by atoms with Gasteiger partial charge in [0.25, 0.3) is 11.8 Å². The molecule has 7 nitrogen and oxygen atoms in total. The smallest absolute Gasteiger partial charge is 0.279 e. The molecule has 0 aliphatic carbocycles. The Bertz CT molecular complexity index is 853. The predicted octanol–water partition coefficient (Wildman–Crippen LogP) is -0.291. The van der Waals surface area contributed by atoms with Crippen molar-refractivity contribution in [2.24, 2.45) is 0 Å². The van der Waals surface area contributed by atoms with Crippen molar-refractivity contribution in [1.82, 2.24) is 0 Å². The van der Waals surface area contributed by atoms with Gasteiger partial charge in [0.1, 0.15) is 31.9 Å². The molecule has 29 heavy (non-hydrogen) atoms. The van der Waals surface area contributed by atoms with Crippen LogP contribution in [-0.2, 0) is 9.59 Å². The zero-order chi connectivity index (χ0) is 20.6. The van der Waals surface area contributed by atoms with E-state index in [2.05, 4.69) is 10.6 Å². The van der Waals surface area contributed by atoms with E-state index in [1.165, 1.54) is 9.80 Å². The van der Waals surface area contributed by atoms with Crippen molar-refractivity contribution in [3.05, 3.63) is 53.6 Å². The van der Waals surface area contributed by atoms with Crippen LogP contribution in [0.5, 0.6) is 5.75 Å². The summed E-state index contributed by atoms with van der Waals surface area (Å²) in [6.07, 6.45) is 0. The van der Waals surface area contributed by atoms with Crippen molar-refractivity contribution >= 4 is 34.8 Å². The lowest BCUT2D eigenvalue weighted by molar-refractivity contribution is -1.00. The number of methoxy groups -OCH3 is 1. The van der Waals surface area contributed by atoms with E-state index in [-0.39, 0.29) is 11.8 Å². The van der Waals surface area contributed by atoms with Gasteiger partial charge in [-0.2, -0.15) is 0 Å². The molecule has 0 atom stereocenters. The minimum absolute atomic E-state index is 0.0202. The van der Waals surface area contributed by atoms with E-state index in [0.29, 0.717) is 29.5 Å². The van der Waals surface area contributed by atoms with Gasteiger partial charge < -0.3 is 25.2 Å². The summed E-state index contributed by atoms with van der Waals surface area (Å²) >= 11 is 6.08. The first-order valence-corrected chi connectivity index (χ1v) is 10.1. The Morgan fingerprint density at radius 2 is 1.55 bits per heavy atom. The van der Waals surface area contributed by atoms with Crippen molar-refractivity contribution in [1.29, 1.82) is 0 Å². The van der Waals surface area contributed by atoms with Gasteiger partial charge in [-0.1, -0.05) is 29.8 Å². The number of anilines is 2. The molecular formula is C21H27ClN4O3+2. The molecule has 0 radical (unpaired) electrons. The van der Waals surface area contributed by atoms with Crippen molar-refractivity contribution in [2.45, 2.75) is 0 Å². The van der Waals surface area contributed by atoms with Crippen LogP contribution in [0.1, 0.15) is 0 Å². The lowest BCUT2D eigenvalue weighted by atomic mass is 10.2. The van der Waals surface area contributed by atoms with Crippen LogP contribution in [0.25, 0.3) is 0 Å². The van der Waals surface area contributed by atoms with Gasteiger partial charge in [-0.15, -0.1) is 0 Å². The number of hydrogen-bond donors (Lipinski definition) is 4. The van der Waals surface area contributed by atoms with Crippen molar-refractivity contribution in [3.63, 3.8) is 0 Å². The van der Waals surface area contributed by atoms with E-state index < -0.39 is 0 Å². The number of hydrogen-bond acceptors (Lipinski definition) is 3. The van der Waals surface area contributed by atoms with Crippen molar-refractivity contribution in [2.75, 3.05) is 57.0 Å². The van der Waals surface area contributed by atoms with Crippen LogP contribution < -0.4 is 25.2 Å². The average Bonchev–Trinajstić information content (AvgIpc) is 2.71. The number of rotatable bonds is 7. The monoisotopic (exact) mass is 418 g/mol. The first kappa shape index (κ1) is 21.1. The maximum Gasteiger partial charge on any atom is 0.279 e. The summed E-state index contributed by atoms with van der Waals surface area (Å²) in [6.45, 7) is 4.20. The van der Waals surface area contributed by atoms with Gasteiger partial charge in [-0.05, 0) is 24.3 Å². The van der Waals surface area contributed by atoms with E-state index in [0.717, 1.165) is 31.9 Å². The molecule has 3 rings (SSSR count). The van der Waals surface area contributed by atoms with Crippen LogP contribution >= 0.6 is 11.6 Å². The first-order chi connectivity index (χ1) is 14.0. The van der Waals surface area contributed by atoms with E-state index in [4.69, 9.17) is 16.3 Å². The fourth-order valence-corrected chi connectivity index (χ4v) is 3.61. The molecule has 2 amide bonds. The van der Waals surface area contributed by atoms with Crippen LogP contribution in [0, 0.1) is 0 Å². The number of quaternary nitrogens is 2. The molecule has 0 bridgehead atoms. The minimum Gasteiger partial charge on any atom is -0.497 e. The minimum atomic E-state index is -0.0488. The summed E-state index contributed by atoms with van der Waals surface area (Å²) in [6, 6.07) is 14.5. The Kier molecular flexibility index (Phi) is 7.46. The molecule has 0 spiro atoms. The predicted molar refractivity (Wildman–Crippen MR) is 113 cm³/mol. The summed E-state index contributed by atoms with van der Waals surface area (Å²) in [4.78, 5) is 27.0. The highest BCUT2D eigenvalue weighted by atomic mass is 35.5. The van der Waals surface area contributed by atoms with Crippen molar-refractivity contribution in [3.8, 4) is 5.75 Å². The Hall–Kier alpha value is -2.61. The fourth-order valence-electron chi connectivity index (χ4n) is 3.43. The molecule has 1 heterocycles. The van der Waals surface area contributed by atoms with Crippen LogP contribution in [0.3, 0.4) is 0 Å². The average molecular weight is 419 g/mol. The highest BCUT2D eigenvalue weighted by Gasteiger charge is 2.26. The number of amides is 2. The highest BCUT2D eigenvalue weighted by Crippen LogP contribution is 2.20. The second-order valence-corrected chi connectivity index (χ2v) is 7.57. The fraction of sp³-hybridized carbons (Fsp3) is 0.333. The third kappa shape index (κ3) is 6.45. The van der Waals surface area contributed by atoms with Crippen LogP contribution in [-0.4, -0.2) is 58.2 Å². The Labute approximate surface area is 175 Å². The number of piperazine rings is 1. The molecule has 4 N–H and O–H groups in total. The van der Waals surface area contributed by atoms with Crippen LogP contribution in [0.4, 0.5) is 11.4 Å². The molecule has 154 valence electrons. The topological polar surface area (TPSA) is 76.3 Å². The second kappa shape index (κ2) is 10.2. The summed E-state index contributed by atoms with van der Waals surface area (Å²) in [7, 11) is 1.60. The third-order valence-corrected chi connectivity index (χ3v) is 5.32. The number of carbonyl (C=O) groups is 2. The summed E-state index contributed by atoms with van der Waals surface area (Å²) in [5.74, 6) is 0.642. The molecule has 8 heteroatoms. The molecule has 1 fully saturated rings. The third-order valence-electron chi connectivity index (χ3n) is 4.99. The van der Waals surface area contributed by atoms with Gasteiger partial charge in [0, 0.05) is 11.8 Å². The summed E-state index contributed by atoms with van der Waals surface area (Å²) < 4.78 is 5.17. The van der Waals surface area contributed by atoms with Gasteiger partial charge >= 0.3 is 0 Å². The van der Waals surface area contributed by atoms with Crippen LogP contribution in [0.15, 0.2) is 48.5 Å². The summed E-state index contributed by atoms with van der Waals surface area (Å²) in [5.41, 5.74) is 1.37. The van der Waals surface area contributed by atoms with Gasteiger partial charge in [-0.25, -0.2) is 0 Å². The number of nitrogens with one attached hydrogen (secondary N) is 4. The maximum atomic E-state index is 12.3. The van der Waals surface area contributed by atoms with E-state index in [1.54, 1.807) is 25.3 Å². The molecular weight excluding hydrogens is 392 g/mol. The number of halogens is 1. The quantitative estimate of drug-likeness (QED) is 0.499. The van der Waals surface area contributed by atoms with Gasteiger partial charge in [0.05, 0.1) is 17.8 Å². The van der Waals surface area contributed by atoms with E-state index >= 15 is 0 Å². The zero-order valence-electron chi connectivity index (χ0n) is 16.5. The number of benzene rings is 2. The maximum absolute atomic E-state index is 12.3. The number of carbonyl (C=O) groups excluding carboxylic acids is 2. The standard InChI is InChI=1S/C21H25ClN4O3/c1-29-17-6-4-5-16(13-17)23-20(27)14-25-9-11-26(12-10-25)15-21(28)24-19-8-3-2-7-18(19)22/h2-8,13H,9-12,14-15H2,1H3,(H,23,27)(H,24,28)/p+2.